The number of nitrogens with zero attached hydrogens (tertiary/aromatic N) is 1. The fourth-order valence-corrected chi connectivity index (χ4v) is 2.93. The van der Waals surface area contributed by atoms with Gasteiger partial charge >= 0.3 is 5.97 Å². The number of carbonyl (C=O) groups is 2. The number of hydrogen-bond acceptors (Lipinski definition) is 3. The summed E-state index contributed by atoms with van der Waals surface area (Å²) in [7, 11) is 0. The molecule has 1 aliphatic rings. The summed E-state index contributed by atoms with van der Waals surface area (Å²) in [5.41, 5.74) is 2.40. The minimum atomic E-state index is -1.02. The first-order valence-electron chi connectivity index (χ1n) is 7.14. The van der Waals surface area contributed by atoms with Gasteiger partial charge in [0.25, 0.3) is 0 Å². The third kappa shape index (κ3) is 2.04. The van der Waals surface area contributed by atoms with Crippen molar-refractivity contribution in [2.75, 3.05) is 0 Å². The summed E-state index contributed by atoms with van der Waals surface area (Å²) in [5, 5.41) is 11.0. The van der Waals surface area contributed by atoms with Crippen LogP contribution in [0.2, 0.25) is 0 Å². The molecule has 4 rings (SSSR count). The molecule has 0 fully saturated rings. The average molecular weight is 301 g/mol. The van der Waals surface area contributed by atoms with Gasteiger partial charge in [-0.2, -0.15) is 0 Å². The van der Waals surface area contributed by atoms with Gasteiger partial charge in [0.05, 0.1) is 11.3 Å². The number of carboxylic acid groups (broad SMARTS) is 1. The Labute approximate surface area is 131 Å². The quantitative estimate of drug-likeness (QED) is 0.781. The van der Waals surface area contributed by atoms with Gasteiger partial charge in [-0.25, -0.2) is 9.79 Å². The Morgan fingerprint density at radius 1 is 0.913 bits per heavy atom. The van der Waals surface area contributed by atoms with Crippen molar-refractivity contribution in [3.05, 3.63) is 77.4 Å². The smallest absolute Gasteiger partial charge is 0.335 e. The predicted molar refractivity (Wildman–Crippen MR) is 87.9 cm³/mol. The van der Waals surface area contributed by atoms with Crippen molar-refractivity contribution in [1.82, 2.24) is 0 Å². The van der Waals surface area contributed by atoms with E-state index in [2.05, 4.69) is 4.99 Å². The molecule has 0 amide bonds. The molecule has 1 aliphatic carbocycles. The van der Waals surface area contributed by atoms with Crippen LogP contribution in [0.5, 0.6) is 0 Å². The van der Waals surface area contributed by atoms with Gasteiger partial charge < -0.3 is 5.11 Å². The second-order valence-corrected chi connectivity index (χ2v) is 5.35. The predicted octanol–water partition coefficient (Wildman–Crippen LogP) is 3.86. The Balaban J connectivity index is 1.92. The highest BCUT2D eigenvalue weighted by Crippen LogP contribution is 2.32. The molecular weight excluding hydrogens is 290 g/mol. The van der Waals surface area contributed by atoms with Crippen LogP contribution in [0.4, 0.5) is 5.69 Å². The highest BCUT2D eigenvalue weighted by Gasteiger charge is 2.28. The first-order chi connectivity index (χ1) is 11.1. The van der Waals surface area contributed by atoms with E-state index >= 15 is 0 Å². The topological polar surface area (TPSA) is 66.7 Å². The summed E-state index contributed by atoms with van der Waals surface area (Å²) >= 11 is 0. The number of Topliss-reactive ketones (excluding diaryl/α,β-unsaturated/α-hetero) is 1. The van der Waals surface area contributed by atoms with E-state index in [1.54, 1.807) is 18.2 Å². The second kappa shape index (κ2) is 4.88. The van der Waals surface area contributed by atoms with Crippen molar-refractivity contribution in [3.63, 3.8) is 0 Å². The lowest BCUT2D eigenvalue weighted by molar-refractivity contribution is 0.0696. The van der Waals surface area contributed by atoms with Crippen LogP contribution in [0.15, 0.2) is 65.7 Å². The highest BCUT2D eigenvalue weighted by molar-refractivity contribution is 6.59. The average Bonchev–Trinajstić information content (AvgIpc) is 2.83. The number of aliphatic imine (C=N–C) groups is 1. The van der Waals surface area contributed by atoms with Crippen molar-refractivity contribution >= 4 is 33.9 Å². The minimum absolute atomic E-state index is 0.127. The van der Waals surface area contributed by atoms with Gasteiger partial charge in [0, 0.05) is 16.5 Å². The molecule has 0 saturated heterocycles. The van der Waals surface area contributed by atoms with E-state index in [1.807, 2.05) is 30.3 Å². The largest absolute Gasteiger partial charge is 0.478 e. The maximum Gasteiger partial charge on any atom is 0.335 e. The molecule has 1 N–H and O–H groups in total. The van der Waals surface area contributed by atoms with Gasteiger partial charge in [-0.05, 0) is 23.6 Å². The lowest BCUT2D eigenvalue weighted by atomic mass is 10.1. The van der Waals surface area contributed by atoms with E-state index in [1.165, 1.54) is 12.1 Å². The summed E-state index contributed by atoms with van der Waals surface area (Å²) in [5.74, 6) is -1.15. The summed E-state index contributed by atoms with van der Waals surface area (Å²) in [6, 6.07) is 17.6. The fourth-order valence-electron chi connectivity index (χ4n) is 2.93. The molecule has 0 saturated carbocycles. The number of benzene rings is 3. The zero-order valence-electron chi connectivity index (χ0n) is 12.0. The SMILES string of the molecule is O=C(O)c1cccc(N=C2C(=O)c3cccc4cccc2c34)c1. The first kappa shape index (κ1) is 13.4. The molecule has 110 valence electrons. The number of hydrogen-bond donors (Lipinski definition) is 1. The van der Waals surface area contributed by atoms with Gasteiger partial charge in [-0.15, -0.1) is 0 Å². The van der Waals surface area contributed by atoms with Crippen LogP contribution < -0.4 is 0 Å². The molecule has 23 heavy (non-hydrogen) atoms. The van der Waals surface area contributed by atoms with Crippen molar-refractivity contribution < 1.29 is 14.7 Å². The normalized spacial score (nSPS) is 14.6. The monoisotopic (exact) mass is 301 g/mol. The Bertz CT molecular complexity index is 1010. The molecule has 3 aromatic rings. The molecule has 0 atom stereocenters. The number of carbonyl (C=O) groups excluding carboxylic acids is 1. The van der Waals surface area contributed by atoms with Crippen LogP contribution in [0.1, 0.15) is 26.3 Å². The fraction of sp³-hybridized carbons (Fsp3) is 0. The molecule has 0 aliphatic heterocycles. The molecule has 3 aromatic carbocycles. The second-order valence-electron chi connectivity index (χ2n) is 5.35. The van der Waals surface area contributed by atoms with Gasteiger partial charge in [-0.3, -0.25) is 4.79 Å². The van der Waals surface area contributed by atoms with Crippen molar-refractivity contribution in [2.24, 2.45) is 4.99 Å². The van der Waals surface area contributed by atoms with E-state index in [-0.39, 0.29) is 11.3 Å². The van der Waals surface area contributed by atoms with Crippen LogP contribution in [0, 0.1) is 0 Å². The summed E-state index contributed by atoms with van der Waals surface area (Å²) in [6.45, 7) is 0. The molecule has 0 unspecified atom stereocenters. The molecular formula is C19H11NO3. The number of ketones is 1. The standard InChI is InChI=1S/C19H11NO3/c21-18-15-9-3-5-11-4-2-8-14(16(11)15)17(18)20-13-7-1-6-12(10-13)19(22)23/h1-10H,(H,22,23). The highest BCUT2D eigenvalue weighted by atomic mass is 16.4. The molecule has 4 heteroatoms. The maximum absolute atomic E-state index is 12.7. The van der Waals surface area contributed by atoms with Crippen LogP contribution in [0.3, 0.4) is 0 Å². The Morgan fingerprint density at radius 3 is 2.35 bits per heavy atom. The van der Waals surface area contributed by atoms with Gasteiger partial charge in [0.2, 0.25) is 5.78 Å². The third-order valence-corrected chi connectivity index (χ3v) is 3.95. The Morgan fingerprint density at radius 2 is 1.61 bits per heavy atom. The van der Waals surface area contributed by atoms with E-state index in [0.29, 0.717) is 17.0 Å². The lowest BCUT2D eigenvalue weighted by Crippen LogP contribution is -2.08. The minimum Gasteiger partial charge on any atom is -0.478 e. The van der Waals surface area contributed by atoms with Crippen LogP contribution in [0.25, 0.3) is 10.8 Å². The molecule has 0 aromatic heterocycles. The summed E-state index contributed by atoms with van der Waals surface area (Å²) in [6.07, 6.45) is 0. The number of carboxylic acids is 1. The zero-order chi connectivity index (χ0) is 16.0. The van der Waals surface area contributed by atoms with Crippen molar-refractivity contribution in [3.8, 4) is 0 Å². The Hall–Kier alpha value is -3.27. The van der Waals surface area contributed by atoms with Crippen molar-refractivity contribution in [1.29, 1.82) is 0 Å². The summed E-state index contributed by atoms with van der Waals surface area (Å²) in [4.78, 5) is 28.2. The first-order valence-corrected chi connectivity index (χ1v) is 7.14. The van der Waals surface area contributed by atoms with Gasteiger partial charge in [0.15, 0.2) is 0 Å². The van der Waals surface area contributed by atoms with E-state index in [4.69, 9.17) is 5.11 Å². The van der Waals surface area contributed by atoms with Crippen molar-refractivity contribution in [2.45, 2.75) is 0 Å². The molecule has 0 heterocycles. The number of rotatable bonds is 2. The molecule has 4 nitrogen and oxygen atoms in total. The third-order valence-electron chi connectivity index (χ3n) is 3.95. The van der Waals surface area contributed by atoms with E-state index in [9.17, 15) is 9.59 Å². The molecule has 0 radical (unpaired) electrons. The maximum atomic E-state index is 12.7. The lowest BCUT2D eigenvalue weighted by Gasteiger charge is -2.01. The van der Waals surface area contributed by atoms with Crippen LogP contribution in [-0.2, 0) is 0 Å². The van der Waals surface area contributed by atoms with Gasteiger partial charge in [-0.1, -0.05) is 42.5 Å². The van der Waals surface area contributed by atoms with Crippen LogP contribution >= 0.6 is 0 Å². The van der Waals surface area contributed by atoms with Gasteiger partial charge in [0.1, 0.15) is 5.71 Å². The van der Waals surface area contributed by atoms with Crippen LogP contribution in [-0.4, -0.2) is 22.6 Å². The molecule has 0 spiro atoms. The van der Waals surface area contributed by atoms with E-state index in [0.717, 1.165) is 16.3 Å². The number of aromatic carboxylic acids is 1. The Kier molecular flexibility index (Phi) is 2.84. The zero-order valence-corrected chi connectivity index (χ0v) is 12.0. The summed E-state index contributed by atoms with van der Waals surface area (Å²) < 4.78 is 0. The van der Waals surface area contributed by atoms with E-state index < -0.39 is 5.97 Å². The molecule has 0 bridgehead atoms.